The number of hydrogen-bond donors (Lipinski definition) is 1. The van der Waals surface area contributed by atoms with E-state index in [-0.39, 0.29) is 17.6 Å². The number of benzene rings is 2. The molecule has 0 saturated carbocycles. The summed E-state index contributed by atoms with van der Waals surface area (Å²) < 4.78 is 16.4. The first-order valence-electron chi connectivity index (χ1n) is 10.8. The molecule has 170 valence electrons. The third kappa shape index (κ3) is 4.20. The molecule has 1 saturated heterocycles. The van der Waals surface area contributed by atoms with Crippen molar-refractivity contribution in [1.29, 1.82) is 0 Å². The van der Waals surface area contributed by atoms with E-state index in [1.54, 1.807) is 22.1 Å². The Morgan fingerprint density at radius 3 is 2.88 bits per heavy atom. The van der Waals surface area contributed by atoms with Gasteiger partial charge in [-0.25, -0.2) is 9.07 Å². The van der Waals surface area contributed by atoms with Crippen LogP contribution in [0.3, 0.4) is 0 Å². The summed E-state index contributed by atoms with van der Waals surface area (Å²) in [5, 5.41) is 9.09. The van der Waals surface area contributed by atoms with Crippen molar-refractivity contribution in [1.82, 2.24) is 14.8 Å². The molecule has 1 aliphatic heterocycles. The van der Waals surface area contributed by atoms with Crippen LogP contribution in [0.25, 0.3) is 16.0 Å². The van der Waals surface area contributed by atoms with Crippen LogP contribution in [0.4, 0.5) is 15.2 Å². The van der Waals surface area contributed by atoms with Gasteiger partial charge in [-0.15, -0.1) is 0 Å². The first kappa shape index (κ1) is 21.9. The molecule has 0 aliphatic carbocycles. The zero-order valence-electron chi connectivity index (χ0n) is 18.3. The molecule has 33 heavy (non-hydrogen) atoms. The molecule has 1 atom stereocenters. The van der Waals surface area contributed by atoms with E-state index in [2.05, 4.69) is 15.3 Å². The number of hydrogen-bond acceptors (Lipinski definition) is 5. The molecule has 1 amide bonds. The Morgan fingerprint density at radius 1 is 1.24 bits per heavy atom. The maximum Gasteiger partial charge on any atom is 0.229 e. The summed E-state index contributed by atoms with van der Waals surface area (Å²) in [4.78, 5) is 20.0. The van der Waals surface area contributed by atoms with Gasteiger partial charge in [-0.1, -0.05) is 35.1 Å². The highest BCUT2D eigenvalue weighted by Gasteiger charge is 2.29. The third-order valence-corrected chi connectivity index (χ3v) is 7.64. The van der Waals surface area contributed by atoms with Gasteiger partial charge in [0, 0.05) is 23.8 Å². The quantitative estimate of drug-likeness (QED) is 0.401. The molecule has 1 fully saturated rings. The molecule has 0 bridgehead atoms. The number of fused-ring (bicyclic) bond motifs is 1. The standard InChI is InChI=1S/C24H23ClFN5OS/c1-14-19(25)9-4-10-20(14)27-23(32)16-6-5-11-30(13-16)24-28-22-21(33-24)15(2)29-31(22)18-8-3-7-17(26)12-18/h3-4,7-10,12,16H,5-6,11,13H2,1-2H3,(H,27,32). The lowest BCUT2D eigenvalue weighted by Gasteiger charge is -2.31. The highest BCUT2D eigenvalue weighted by molar-refractivity contribution is 7.22. The van der Waals surface area contributed by atoms with E-state index in [9.17, 15) is 9.18 Å². The van der Waals surface area contributed by atoms with Gasteiger partial charge < -0.3 is 10.2 Å². The summed E-state index contributed by atoms with van der Waals surface area (Å²) in [5.74, 6) is -0.470. The summed E-state index contributed by atoms with van der Waals surface area (Å²) in [6, 6.07) is 11.9. The van der Waals surface area contributed by atoms with Crippen molar-refractivity contribution < 1.29 is 9.18 Å². The zero-order valence-corrected chi connectivity index (χ0v) is 19.9. The fourth-order valence-electron chi connectivity index (χ4n) is 4.19. The molecule has 3 heterocycles. The Balaban J connectivity index is 1.38. The smallest absolute Gasteiger partial charge is 0.229 e. The Bertz CT molecular complexity index is 1350. The van der Waals surface area contributed by atoms with E-state index >= 15 is 0 Å². The molecular formula is C24H23ClFN5OS. The molecule has 6 nitrogen and oxygen atoms in total. The fraction of sp³-hybridized carbons (Fsp3) is 0.292. The number of carbonyl (C=O) groups excluding carboxylic acids is 1. The summed E-state index contributed by atoms with van der Waals surface area (Å²) in [7, 11) is 0. The van der Waals surface area contributed by atoms with E-state index in [1.807, 2.05) is 38.1 Å². The van der Waals surface area contributed by atoms with Gasteiger partial charge in [0.15, 0.2) is 10.8 Å². The van der Waals surface area contributed by atoms with E-state index < -0.39 is 0 Å². The maximum absolute atomic E-state index is 13.8. The van der Waals surface area contributed by atoms with Gasteiger partial charge in [-0.3, -0.25) is 4.79 Å². The second-order valence-corrected chi connectivity index (χ2v) is 9.70. The summed E-state index contributed by atoms with van der Waals surface area (Å²) in [6.45, 7) is 5.26. The first-order chi connectivity index (χ1) is 15.9. The molecule has 2 aromatic carbocycles. The first-order valence-corrected chi connectivity index (χ1v) is 12.0. The number of anilines is 2. The minimum atomic E-state index is -0.316. The van der Waals surface area contributed by atoms with Crippen LogP contribution in [0, 0.1) is 25.6 Å². The topological polar surface area (TPSA) is 63.1 Å². The van der Waals surface area contributed by atoms with Gasteiger partial charge in [0.1, 0.15) is 5.82 Å². The van der Waals surface area contributed by atoms with Crippen LogP contribution in [0.2, 0.25) is 5.02 Å². The van der Waals surface area contributed by atoms with Crippen LogP contribution in [0.1, 0.15) is 24.1 Å². The van der Waals surface area contributed by atoms with Crippen molar-refractivity contribution in [2.75, 3.05) is 23.3 Å². The zero-order chi connectivity index (χ0) is 23.1. The SMILES string of the molecule is Cc1c(Cl)cccc1NC(=O)C1CCCN(c2nc3c(s2)c(C)nn3-c2cccc(F)c2)C1. The van der Waals surface area contributed by atoms with Gasteiger partial charge in [-0.05, 0) is 62.6 Å². The number of amides is 1. The highest BCUT2D eigenvalue weighted by atomic mass is 35.5. The number of halogens is 2. The van der Waals surface area contributed by atoms with Crippen molar-refractivity contribution in [2.24, 2.45) is 5.92 Å². The maximum atomic E-state index is 13.8. The molecule has 5 rings (SSSR count). The predicted octanol–water partition coefficient (Wildman–Crippen LogP) is 5.75. The van der Waals surface area contributed by atoms with Crippen molar-refractivity contribution in [3.63, 3.8) is 0 Å². The molecule has 0 radical (unpaired) electrons. The number of aryl methyl sites for hydroxylation is 1. The number of carbonyl (C=O) groups is 1. The molecule has 1 N–H and O–H groups in total. The lowest BCUT2D eigenvalue weighted by atomic mass is 9.97. The van der Waals surface area contributed by atoms with Gasteiger partial charge in [0.05, 0.1) is 22.0 Å². The van der Waals surface area contributed by atoms with E-state index in [4.69, 9.17) is 16.6 Å². The van der Waals surface area contributed by atoms with Crippen LogP contribution >= 0.6 is 22.9 Å². The number of thiazole rings is 1. The number of piperidine rings is 1. The Morgan fingerprint density at radius 2 is 2.06 bits per heavy atom. The molecule has 2 aromatic heterocycles. The number of rotatable bonds is 4. The average Bonchev–Trinajstić information content (AvgIpc) is 3.38. The van der Waals surface area contributed by atoms with Gasteiger partial charge in [0.2, 0.25) is 5.91 Å². The Labute approximate surface area is 200 Å². The average molecular weight is 484 g/mol. The summed E-state index contributed by atoms with van der Waals surface area (Å²) in [6.07, 6.45) is 1.72. The number of aromatic nitrogens is 3. The molecule has 1 unspecified atom stereocenters. The van der Waals surface area contributed by atoms with E-state index in [0.717, 1.165) is 46.2 Å². The minimum absolute atomic E-state index is 0.00621. The van der Waals surface area contributed by atoms with Crippen molar-refractivity contribution in [3.8, 4) is 5.69 Å². The molecule has 0 spiro atoms. The van der Waals surface area contributed by atoms with E-state index in [0.29, 0.717) is 22.9 Å². The van der Waals surface area contributed by atoms with Gasteiger partial charge in [0.25, 0.3) is 0 Å². The van der Waals surface area contributed by atoms with Crippen LogP contribution in [-0.2, 0) is 4.79 Å². The van der Waals surface area contributed by atoms with Gasteiger partial charge >= 0.3 is 0 Å². The van der Waals surface area contributed by atoms with Crippen molar-refractivity contribution >= 4 is 50.0 Å². The van der Waals surface area contributed by atoms with E-state index in [1.165, 1.54) is 12.1 Å². The molecular weight excluding hydrogens is 461 g/mol. The lowest BCUT2D eigenvalue weighted by molar-refractivity contribution is -0.120. The lowest BCUT2D eigenvalue weighted by Crippen LogP contribution is -2.40. The van der Waals surface area contributed by atoms with Crippen molar-refractivity contribution in [3.05, 3.63) is 64.6 Å². The van der Waals surface area contributed by atoms with Crippen LogP contribution in [0.5, 0.6) is 0 Å². The van der Waals surface area contributed by atoms with Gasteiger partial charge in [-0.2, -0.15) is 10.1 Å². The third-order valence-electron chi connectivity index (χ3n) is 6.02. The number of nitrogens with one attached hydrogen (secondary N) is 1. The minimum Gasteiger partial charge on any atom is -0.347 e. The Kier molecular flexibility index (Phi) is 5.80. The fourth-order valence-corrected chi connectivity index (χ4v) is 5.38. The monoisotopic (exact) mass is 483 g/mol. The van der Waals surface area contributed by atoms with Crippen molar-refractivity contribution in [2.45, 2.75) is 26.7 Å². The largest absolute Gasteiger partial charge is 0.347 e. The van der Waals surface area contributed by atoms with Crippen LogP contribution in [0.15, 0.2) is 42.5 Å². The second kappa shape index (κ2) is 8.76. The molecule has 1 aliphatic rings. The highest BCUT2D eigenvalue weighted by Crippen LogP contribution is 2.35. The van der Waals surface area contributed by atoms with Crippen LogP contribution in [-0.4, -0.2) is 33.8 Å². The summed E-state index contributed by atoms with van der Waals surface area (Å²) in [5.41, 5.74) is 3.80. The molecule has 4 aromatic rings. The normalized spacial score (nSPS) is 16.4. The molecule has 9 heteroatoms. The predicted molar refractivity (Wildman–Crippen MR) is 131 cm³/mol. The second-order valence-electron chi connectivity index (χ2n) is 8.31. The number of nitrogens with zero attached hydrogens (tertiary/aromatic N) is 4. The summed E-state index contributed by atoms with van der Waals surface area (Å²) >= 11 is 7.76. The Hall–Kier alpha value is -2.97. The van der Waals surface area contributed by atoms with Crippen LogP contribution < -0.4 is 10.2 Å².